The van der Waals surface area contributed by atoms with Gasteiger partial charge in [-0.25, -0.2) is 4.79 Å². The maximum absolute atomic E-state index is 10.1. The number of hydrogen-bond acceptors (Lipinski definition) is 4. The Bertz CT molecular complexity index is 352. The van der Waals surface area contributed by atoms with E-state index in [1.54, 1.807) is 24.3 Å². The molecule has 1 aromatic rings. The SMILES string of the molecule is O=C(O)COCCOCCOc1ccc(Cl)cc1. The summed E-state index contributed by atoms with van der Waals surface area (Å²) in [6, 6.07) is 7.05. The third-order valence-electron chi connectivity index (χ3n) is 1.91. The van der Waals surface area contributed by atoms with E-state index < -0.39 is 5.97 Å². The lowest BCUT2D eigenvalue weighted by Crippen LogP contribution is -2.13. The molecule has 6 heteroatoms. The van der Waals surface area contributed by atoms with Gasteiger partial charge in [0.25, 0.3) is 0 Å². The average molecular weight is 275 g/mol. The standard InChI is InChI=1S/C12H15ClO5/c13-10-1-3-11(4-2-10)18-8-7-16-5-6-17-9-12(14)15/h1-4H,5-9H2,(H,14,15). The lowest BCUT2D eigenvalue weighted by Gasteiger charge is -2.07. The van der Waals surface area contributed by atoms with Gasteiger partial charge in [-0.2, -0.15) is 0 Å². The molecule has 18 heavy (non-hydrogen) atoms. The molecule has 0 amide bonds. The highest BCUT2D eigenvalue weighted by Crippen LogP contribution is 2.15. The number of hydrogen-bond donors (Lipinski definition) is 1. The zero-order chi connectivity index (χ0) is 13.2. The zero-order valence-electron chi connectivity index (χ0n) is 9.80. The van der Waals surface area contributed by atoms with Crippen molar-refractivity contribution >= 4 is 17.6 Å². The summed E-state index contributed by atoms with van der Waals surface area (Å²) in [7, 11) is 0. The minimum atomic E-state index is -0.985. The van der Waals surface area contributed by atoms with E-state index in [0.717, 1.165) is 5.75 Å². The molecule has 0 unspecified atom stereocenters. The van der Waals surface area contributed by atoms with E-state index in [-0.39, 0.29) is 13.2 Å². The summed E-state index contributed by atoms with van der Waals surface area (Å²) < 4.78 is 15.4. The summed E-state index contributed by atoms with van der Waals surface area (Å²) in [5, 5.41) is 8.97. The predicted molar refractivity (Wildman–Crippen MR) is 66.2 cm³/mol. The number of benzene rings is 1. The summed E-state index contributed by atoms with van der Waals surface area (Å²) in [6.45, 7) is 1.13. The molecule has 0 aromatic heterocycles. The third kappa shape index (κ3) is 7.11. The number of carboxylic acids is 1. The fourth-order valence-electron chi connectivity index (χ4n) is 1.13. The minimum absolute atomic E-state index is 0.257. The van der Waals surface area contributed by atoms with Gasteiger partial charge in [-0.15, -0.1) is 0 Å². The van der Waals surface area contributed by atoms with Crippen molar-refractivity contribution in [1.82, 2.24) is 0 Å². The minimum Gasteiger partial charge on any atom is -0.491 e. The van der Waals surface area contributed by atoms with Gasteiger partial charge in [0.2, 0.25) is 0 Å². The van der Waals surface area contributed by atoms with Crippen LogP contribution in [0.15, 0.2) is 24.3 Å². The van der Waals surface area contributed by atoms with Gasteiger partial charge in [-0.1, -0.05) is 11.6 Å². The van der Waals surface area contributed by atoms with Gasteiger partial charge < -0.3 is 19.3 Å². The number of aliphatic carboxylic acids is 1. The van der Waals surface area contributed by atoms with Crippen LogP contribution in [0.1, 0.15) is 0 Å². The average Bonchev–Trinajstić information content (AvgIpc) is 2.34. The molecule has 0 aliphatic carbocycles. The van der Waals surface area contributed by atoms with Crippen molar-refractivity contribution in [3.63, 3.8) is 0 Å². The number of carbonyl (C=O) groups is 1. The van der Waals surface area contributed by atoms with E-state index in [4.69, 9.17) is 30.9 Å². The highest BCUT2D eigenvalue weighted by molar-refractivity contribution is 6.30. The van der Waals surface area contributed by atoms with Crippen LogP contribution in [0.3, 0.4) is 0 Å². The quantitative estimate of drug-likeness (QED) is 0.696. The molecule has 0 saturated carbocycles. The first kappa shape index (κ1) is 14.8. The van der Waals surface area contributed by atoms with Crippen LogP contribution < -0.4 is 4.74 Å². The number of rotatable bonds is 9. The fourth-order valence-corrected chi connectivity index (χ4v) is 1.25. The largest absolute Gasteiger partial charge is 0.491 e. The highest BCUT2D eigenvalue weighted by Gasteiger charge is 1.96. The molecule has 1 rings (SSSR count). The van der Waals surface area contributed by atoms with Crippen molar-refractivity contribution in [3.8, 4) is 5.75 Å². The molecule has 1 aromatic carbocycles. The van der Waals surface area contributed by atoms with E-state index >= 15 is 0 Å². The van der Waals surface area contributed by atoms with Crippen molar-refractivity contribution in [2.24, 2.45) is 0 Å². The molecule has 0 aliphatic rings. The molecule has 0 saturated heterocycles. The molecular weight excluding hydrogens is 260 g/mol. The Morgan fingerprint density at radius 1 is 1.06 bits per heavy atom. The van der Waals surface area contributed by atoms with Gasteiger partial charge in [0, 0.05) is 5.02 Å². The summed E-state index contributed by atoms with van der Waals surface area (Å²) >= 11 is 5.73. The molecule has 0 radical (unpaired) electrons. The summed E-state index contributed by atoms with van der Waals surface area (Å²) in [6.07, 6.45) is 0. The maximum Gasteiger partial charge on any atom is 0.329 e. The molecule has 0 fully saturated rings. The Hall–Kier alpha value is -1.30. The predicted octanol–water partition coefficient (Wildman–Crippen LogP) is 1.84. The summed E-state index contributed by atoms with van der Waals surface area (Å²) in [4.78, 5) is 10.1. The first-order valence-electron chi connectivity index (χ1n) is 5.44. The number of halogens is 1. The molecule has 0 heterocycles. The zero-order valence-corrected chi connectivity index (χ0v) is 10.6. The van der Waals surface area contributed by atoms with E-state index in [0.29, 0.717) is 24.8 Å². The van der Waals surface area contributed by atoms with Gasteiger partial charge in [0.05, 0.1) is 19.8 Å². The summed E-state index contributed by atoms with van der Waals surface area (Å²) in [5.41, 5.74) is 0. The monoisotopic (exact) mass is 274 g/mol. The van der Waals surface area contributed by atoms with Crippen LogP contribution in [0.5, 0.6) is 5.75 Å². The lowest BCUT2D eigenvalue weighted by molar-refractivity contribution is -0.142. The lowest BCUT2D eigenvalue weighted by atomic mass is 10.3. The van der Waals surface area contributed by atoms with Gasteiger partial charge in [-0.3, -0.25) is 0 Å². The molecule has 0 spiro atoms. The van der Waals surface area contributed by atoms with Gasteiger partial charge in [0.1, 0.15) is 19.0 Å². The van der Waals surface area contributed by atoms with Crippen molar-refractivity contribution in [1.29, 1.82) is 0 Å². The molecule has 0 aliphatic heterocycles. The second kappa shape index (κ2) is 8.74. The van der Waals surface area contributed by atoms with Gasteiger partial charge in [0.15, 0.2) is 0 Å². The van der Waals surface area contributed by atoms with Crippen molar-refractivity contribution in [3.05, 3.63) is 29.3 Å². The Morgan fingerprint density at radius 3 is 2.33 bits per heavy atom. The Kier molecular flexibility index (Phi) is 7.17. The highest BCUT2D eigenvalue weighted by atomic mass is 35.5. The van der Waals surface area contributed by atoms with Gasteiger partial charge >= 0.3 is 5.97 Å². The van der Waals surface area contributed by atoms with Gasteiger partial charge in [-0.05, 0) is 24.3 Å². The van der Waals surface area contributed by atoms with E-state index in [1.807, 2.05) is 0 Å². The molecule has 0 atom stereocenters. The third-order valence-corrected chi connectivity index (χ3v) is 2.16. The second-order valence-electron chi connectivity index (χ2n) is 3.36. The van der Waals surface area contributed by atoms with E-state index in [2.05, 4.69) is 0 Å². The normalized spacial score (nSPS) is 10.3. The van der Waals surface area contributed by atoms with Crippen molar-refractivity contribution in [2.45, 2.75) is 0 Å². The first-order chi connectivity index (χ1) is 8.68. The first-order valence-corrected chi connectivity index (χ1v) is 5.82. The number of carboxylic acid groups (broad SMARTS) is 1. The smallest absolute Gasteiger partial charge is 0.329 e. The molecule has 5 nitrogen and oxygen atoms in total. The Morgan fingerprint density at radius 2 is 1.67 bits per heavy atom. The topological polar surface area (TPSA) is 65.0 Å². The fraction of sp³-hybridized carbons (Fsp3) is 0.417. The van der Waals surface area contributed by atoms with E-state index in [1.165, 1.54) is 0 Å². The Labute approximate surface area is 110 Å². The molecule has 100 valence electrons. The van der Waals surface area contributed by atoms with Crippen LogP contribution in [0.4, 0.5) is 0 Å². The van der Waals surface area contributed by atoms with E-state index in [9.17, 15) is 4.79 Å². The maximum atomic E-state index is 10.1. The molecular formula is C12H15ClO5. The second-order valence-corrected chi connectivity index (χ2v) is 3.80. The Balaban J connectivity index is 1.95. The van der Waals surface area contributed by atoms with Crippen LogP contribution in [0.25, 0.3) is 0 Å². The van der Waals surface area contributed by atoms with Crippen molar-refractivity contribution < 1.29 is 24.1 Å². The number of ether oxygens (including phenoxy) is 3. The summed E-state index contributed by atoms with van der Waals surface area (Å²) in [5.74, 6) is -0.258. The molecule has 1 N–H and O–H groups in total. The van der Waals surface area contributed by atoms with Crippen LogP contribution >= 0.6 is 11.6 Å². The van der Waals surface area contributed by atoms with Crippen LogP contribution in [-0.4, -0.2) is 44.1 Å². The van der Waals surface area contributed by atoms with Crippen molar-refractivity contribution in [2.75, 3.05) is 33.0 Å². The van der Waals surface area contributed by atoms with Crippen LogP contribution in [-0.2, 0) is 14.3 Å². The molecule has 0 bridgehead atoms. The van der Waals surface area contributed by atoms with Crippen LogP contribution in [0, 0.1) is 0 Å². The van der Waals surface area contributed by atoms with Crippen LogP contribution in [0.2, 0.25) is 5.02 Å².